The van der Waals surface area contributed by atoms with Crippen LogP contribution < -0.4 is 4.90 Å². The van der Waals surface area contributed by atoms with Gasteiger partial charge < -0.3 is 9.80 Å². The molecule has 0 bridgehead atoms. The maximum absolute atomic E-state index is 12.6. The van der Waals surface area contributed by atoms with Crippen LogP contribution in [0.15, 0.2) is 54.6 Å². The Kier molecular flexibility index (Phi) is 6.00. The summed E-state index contributed by atoms with van der Waals surface area (Å²) in [6.07, 6.45) is 0.337. The summed E-state index contributed by atoms with van der Waals surface area (Å²) < 4.78 is 0. The summed E-state index contributed by atoms with van der Waals surface area (Å²) in [5.41, 5.74) is 5.34. The number of aryl methyl sites for hydroxylation is 2. The van der Waals surface area contributed by atoms with Crippen molar-refractivity contribution in [2.24, 2.45) is 0 Å². The molecule has 1 aromatic heterocycles. The average Bonchev–Trinajstić information content (AvgIpc) is 2.77. The molecule has 0 aliphatic carbocycles. The summed E-state index contributed by atoms with van der Waals surface area (Å²) in [5, 5.41) is 9.51. The van der Waals surface area contributed by atoms with Crippen molar-refractivity contribution >= 4 is 23.3 Å². The van der Waals surface area contributed by atoms with Crippen LogP contribution in [0.4, 0.5) is 5.82 Å². The fourth-order valence-corrected chi connectivity index (χ4v) is 3.85. The van der Waals surface area contributed by atoms with Gasteiger partial charge in [0.1, 0.15) is 0 Å². The van der Waals surface area contributed by atoms with E-state index in [1.807, 2.05) is 41.3 Å². The number of anilines is 1. The van der Waals surface area contributed by atoms with Crippen LogP contribution in [0.5, 0.6) is 0 Å². The van der Waals surface area contributed by atoms with Gasteiger partial charge >= 0.3 is 0 Å². The highest BCUT2D eigenvalue weighted by atomic mass is 35.5. The molecule has 6 heteroatoms. The van der Waals surface area contributed by atoms with Crippen LogP contribution in [0.3, 0.4) is 0 Å². The molecule has 1 amide bonds. The Bertz CT molecular complexity index is 1040. The third-order valence-electron chi connectivity index (χ3n) is 5.71. The lowest BCUT2D eigenvalue weighted by Gasteiger charge is -2.35. The van der Waals surface area contributed by atoms with Crippen molar-refractivity contribution in [3.8, 4) is 11.3 Å². The van der Waals surface area contributed by atoms with Crippen molar-refractivity contribution in [2.45, 2.75) is 20.3 Å². The predicted molar refractivity (Wildman–Crippen MR) is 121 cm³/mol. The van der Waals surface area contributed by atoms with Crippen molar-refractivity contribution < 1.29 is 4.79 Å². The first-order chi connectivity index (χ1) is 14.5. The zero-order chi connectivity index (χ0) is 21.1. The number of hydrogen-bond acceptors (Lipinski definition) is 4. The third kappa shape index (κ3) is 4.46. The van der Waals surface area contributed by atoms with Crippen LogP contribution in [0, 0.1) is 13.8 Å². The van der Waals surface area contributed by atoms with E-state index in [0.29, 0.717) is 24.5 Å². The maximum atomic E-state index is 12.6. The molecule has 2 heterocycles. The fourth-order valence-electron chi connectivity index (χ4n) is 3.65. The quantitative estimate of drug-likeness (QED) is 0.631. The molecule has 0 saturated carbocycles. The maximum Gasteiger partial charge on any atom is 0.227 e. The first-order valence-corrected chi connectivity index (χ1v) is 10.6. The molecule has 0 N–H and O–H groups in total. The van der Waals surface area contributed by atoms with Gasteiger partial charge in [-0.1, -0.05) is 41.9 Å². The third-order valence-corrected chi connectivity index (χ3v) is 6.08. The number of carbonyl (C=O) groups excluding carboxylic acids is 1. The van der Waals surface area contributed by atoms with E-state index in [4.69, 9.17) is 11.6 Å². The summed E-state index contributed by atoms with van der Waals surface area (Å²) in [4.78, 5) is 16.7. The predicted octanol–water partition coefficient (Wildman–Crippen LogP) is 4.31. The van der Waals surface area contributed by atoms with Crippen molar-refractivity contribution in [3.05, 3.63) is 76.3 Å². The molecule has 0 atom stereocenters. The number of amides is 1. The lowest BCUT2D eigenvalue weighted by molar-refractivity contribution is -0.130. The zero-order valence-corrected chi connectivity index (χ0v) is 18.1. The molecule has 0 unspecified atom stereocenters. The van der Waals surface area contributed by atoms with Gasteiger partial charge in [-0.2, -0.15) is 0 Å². The summed E-state index contributed by atoms with van der Waals surface area (Å²) >= 11 is 6.19. The van der Waals surface area contributed by atoms with E-state index < -0.39 is 0 Å². The monoisotopic (exact) mass is 420 g/mol. The molecule has 2 aromatic carbocycles. The van der Waals surface area contributed by atoms with E-state index in [0.717, 1.165) is 35.7 Å². The Labute approximate surface area is 182 Å². The Morgan fingerprint density at radius 2 is 1.70 bits per heavy atom. The van der Waals surface area contributed by atoms with Crippen molar-refractivity contribution in [1.29, 1.82) is 0 Å². The van der Waals surface area contributed by atoms with Crippen LogP contribution in [-0.4, -0.2) is 47.2 Å². The first kappa shape index (κ1) is 20.4. The van der Waals surface area contributed by atoms with Gasteiger partial charge in [0.15, 0.2) is 5.82 Å². The minimum atomic E-state index is 0.110. The van der Waals surface area contributed by atoms with Crippen LogP contribution in [0.25, 0.3) is 11.3 Å². The van der Waals surface area contributed by atoms with Crippen LogP contribution in [-0.2, 0) is 11.2 Å². The molecule has 3 aromatic rings. The largest absolute Gasteiger partial charge is 0.352 e. The zero-order valence-electron chi connectivity index (χ0n) is 17.3. The van der Waals surface area contributed by atoms with Crippen LogP contribution in [0.2, 0.25) is 5.02 Å². The summed E-state index contributed by atoms with van der Waals surface area (Å²) in [7, 11) is 0. The molecular formula is C24H25ClN4O. The second-order valence-electron chi connectivity index (χ2n) is 7.71. The molecule has 154 valence electrons. The van der Waals surface area contributed by atoms with Gasteiger partial charge in [-0.25, -0.2) is 0 Å². The number of piperazine rings is 1. The Morgan fingerprint density at radius 3 is 2.37 bits per heavy atom. The van der Waals surface area contributed by atoms with Gasteiger partial charge in [0, 0.05) is 36.8 Å². The van der Waals surface area contributed by atoms with E-state index in [1.54, 1.807) is 0 Å². The molecule has 1 aliphatic rings. The molecule has 4 rings (SSSR count). The second kappa shape index (κ2) is 8.84. The van der Waals surface area contributed by atoms with Crippen molar-refractivity contribution in [3.63, 3.8) is 0 Å². The normalized spacial score (nSPS) is 14.1. The molecule has 5 nitrogen and oxygen atoms in total. The summed E-state index contributed by atoms with van der Waals surface area (Å²) in [5.74, 6) is 0.958. The lowest BCUT2D eigenvalue weighted by atomic mass is 10.0. The second-order valence-corrected chi connectivity index (χ2v) is 8.12. The summed E-state index contributed by atoms with van der Waals surface area (Å²) in [6, 6.07) is 17.9. The van der Waals surface area contributed by atoms with E-state index in [-0.39, 0.29) is 5.91 Å². The minimum absolute atomic E-state index is 0.110. The minimum Gasteiger partial charge on any atom is -0.352 e. The Balaban J connectivity index is 1.36. The van der Waals surface area contributed by atoms with Crippen molar-refractivity contribution in [1.82, 2.24) is 15.1 Å². The highest BCUT2D eigenvalue weighted by Crippen LogP contribution is 2.22. The number of aromatic nitrogens is 2. The molecule has 1 saturated heterocycles. The number of rotatable bonds is 4. The van der Waals surface area contributed by atoms with Gasteiger partial charge in [-0.15, -0.1) is 10.2 Å². The van der Waals surface area contributed by atoms with E-state index >= 15 is 0 Å². The highest BCUT2D eigenvalue weighted by Gasteiger charge is 2.22. The number of benzene rings is 2. The van der Waals surface area contributed by atoms with Crippen LogP contribution >= 0.6 is 11.6 Å². The molecular weight excluding hydrogens is 396 g/mol. The Morgan fingerprint density at radius 1 is 0.933 bits per heavy atom. The van der Waals surface area contributed by atoms with Gasteiger partial charge in [0.25, 0.3) is 0 Å². The first-order valence-electron chi connectivity index (χ1n) is 10.2. The average molecular weight is 421 g/mol. The summed E-state index contributed by atoms with van der Waals surface area (Å²) in [6.45, 7) is 7.03. The molecule has 0 radical (unpaired) electrons. The molecule has 1 aliphatic heterocycles. The topological polar surface area (TPSA) is 49.3 Å². The van der Waals surface area contributed by atoms with E-state index in [9.17, 15) is 4.79 Å². The standard InChI is InChI=1S/C24H25ClN4O/c1-17-7-8-20(15-18(17)2)22-9-10-23(27-26-22)28-11-13-29(14-12-28)24(30)16-19-5-3-4-6-21(19)25/h3-10,15H,11-14,16H2,1-2H3. The molecule has 0 spiro atoms. The number of hydrogen-bond donors (Lipinski definition) is 0. The number of nitrogens with zero attached hydrogens (tertiary/aromatic N) is 4. The number of carbonyl (C=O) groups is 1. The van der Waals surface area contributed by atoms with Crippen molar-refractivity contribution in [2.75, 3.05) is 31.1 Å². The highest BCUT2D eigenvalue weighted by molar-refractivity contribution is 6.31. The van der Waals surface area contributed by atoms with E-state index in [2.05, 4.69) is 47.1 Å². The van der Waals surface area contributed by atoms with Gasteiger partial charge in [0.2, 0.25) is 5.91 Å². The van der Waals surface area contributed by atoms with Gasteiger partial charge in [0.05, 0.1) is 12.1 Å². The molecule has 1 fully saturated rings. The Hall–Kier alpha value is -2.92. The lowest BCUT2D eigenvalue weighted by Crippen LogP contribution is -2.49. The number of halogens is 1. The SMILES string of the molecule is Cc1ccc(-c2ccc(N3CCN(C(=O)Cc4ccccc4Cl)CC3)nn2)cc1C. The fraction of sp³-hybridized carbons (Fsp3) is 0.292. The van der Waals surface area contributed by atoms with Crippen LogP contribution in [0.1, 0.15) is 16.7 Å². The van der Waals surface area contributed by atoms with Gasteiger partial charge in [-0.05, 0) is 54.8 Å². The smallest absolute Gasteiger partial charge is 0.227 e. The van der Waals surface area contributed by atoms with E-state index in [1.165, 1.54) is 11.1 Å². The van der Waals surface area contributed by atoms with Gasteiger partial charge in [-0.3, -0.25) is 4.79 Å². The molecule has 30 heavy (non-hydrogen) atoms.